The summed E-state index contributed by atoms with van der Waals surface area (Å²) in [6, 6.07) is 30.7. The molecule has 0 radical (unpaired) electrons. The number of hydrogen-bond acceptors (Lipinski definition) is 4. The summed E-state index contributed by atoms with van der Waals surface area (Å²) in [6.45, 7) is 5.71. The van der Waals surface area contributed by atoms with Crippen molar-refractivity contribution >= 4 is 17.0 Å². The maximum Gasteiger partial charge on any atom is 0.415 e. The van der Waals surface area contributed by atoms with E-state index in [-0.39, 0.29) is 6.09 Å². The van der Waals surface area contributed by atoms with E-state index in [0.717, 1.165) is 22.0 Å². The number of aromatic nitrogens is 1. The highest BCUT2D eigenvalue weighted by Crippen LogP contribution is 2.41. The molecule has 4 aromatic carbocycles. The Balaban J connectivity index is 1.62. The highest BCUT2D eigenvalue weighted by atomic mass is 16.6. The molecule has 5 aromatic rings. The van der Waals surface area contributed by atoms with Crippen molar-refractivity contribution in [1.82, 2.24) is 9.47 Å². The summed E-state index contributed by atoms with van der Waals surface area (Å²) in [5, 5.41) is 0.981. The number of ether oxygens (including phenoxy) is 3. The van der Waals surface area contributed by atoms with Gasteiger partial charge in [-0.25, -0.2) is 4.79 Å². The minimum absolute atomic E-state index is 0.373. The molecular formula is C34H34N2O4. The molecule has 0 saturated carbocycles. The largest absolute Gasteiger partial charge is 0.493 e. The molecule has 6 nitrogen and oxygen atoms in total. The first-order valence-electron chi connectivity index (χ1n) is 13.5. The quantitative estimate of drug-likeness (QED) is 0.193. The van der Waals surface area contributed by atoms with Gasteiger partial charge in [-0.2, -0.15) is 0 Å². The first-order chi connectivity index (χ1) is 19.6. The van der Waals surface area contributed by atoms with E-state index >= 15 is 0 Å². The fourth-order valence-corrected chi connectivity index (χ4v) is 5.15. The third kappa shape index (κ3) is 5.25. The van der Waals surface area contributed by atoms with Gasteiger partial charge in [0, 0.05) is 42.3 Å². The van der Waals surface area contributed by atoms with Gasteiger partial charge in [-0.15, -0.1) is 0 Å². The topological polar surface area (TPSA) is 52.9 Å². The van der Waals surface area contributed by atoms with E-state index in [1.54, 1.807) is 19.1 Å². The average Bonchev–Trinajstić information content (AvgIpc) is 3.40. The van der Waals surface area contributed by atoms with Crippen LogP contribution in [0.1, 0.15) is 19.4 Å². The van der Waals surface area contributed by atoms with E-state index in [2.05, 4.69) is 65.4 Å². The van der Waals surface area contributed by atoms with Gasteiger partial charge in [-0.1, -0.05) is 60.7 Å². The minimum Gasteiger partial charge on any atom is -0.493 e. The van der Waals surface area contributed by atoms with Crippen LogP contribution in [-0.4, -0.2) is 42.9 Å². The van der Waals surface area contributed by atoms with Crippen molar-refractivity contribution in [2.75, 3.05) is 27.3 Å². The number of carbonyl (C=O) groups is 1. The molecule has 0 spiro atoms. The average molecular weight is 535 g/mol. The zero-order valence-electron chi connectivity index (χ0n) is 23.4. The number of hydrogen-bond donors (Lipinski definition) is 0. The van der Waals surface area contributed by atoms with Gasteiger partial charge in [0.15, 0.2) is 11.5 Å². The van der Waals surface area contributed by atoms with E-state index in [9.17, 15) is 4.79 Å². The molecule has 0 unspecified atom stereocenters. The molecule has 0 N–H and O–H groups in total. The van der Waals surface area contributed by atoms with Crippen LogP contribution >= 0.6 is 0 Å². The highest BCUT2D eigenvalue weighted by Gasteiger charge is 2.20. The predicted octanol–water partition coefficient (Wildman–Crippen LogP) is 7.88. The van der Waals surface area contributed by atoms with Crippen LogP contribution in [0.5, 0.6) is 17.2 Å². The van der Waals surface area contributed by atoms with Crippen LogP contribution in [0.3, 0.4) is 0 Å². The Bertz CT molecular complexity index is 1620. The smallest absolute Gasteiger partial charge is 0.415 e. The fourth-order valence-electron chi connectivity index (χ4n) is 5.15. The number of rotatable bonds is 9. The second-order valence-electron chi connectivity index (χ2n) is 9.45. The zero-order chi connectivity index (χ0) is 28.1. The predicted molar refractivity (Wildman–Crippen MR) is 160 cm³/mol. The molecule has 0 bridgehead atoms. The van der Waals surface area contributed by atoms with E-state index in [1.165, 1.54) is 16.7 Å². The molecule has 5 rings (SSSR count). The third-order valence-electron chi connectivity index (χ3n) is 7.25. The standard InChI is InChI=1S/C34H34N2O4/c1-5-35(6-2)34(37)40-31-19-17-29-28(33(31)25-16-18-30(38-3)32(22-25)39-4)20-21-36(29)23-26-14-10-11-15-27(26)24-12-8-7-9-13-24/h7-22H,5-6,23H2,1-4H3. The second kappa shape index (κ2) is 12.0. The highest BCUT2D eigenvalue weighted by molar-refractivity contribution is 6.00. The van der Waals surface area contributed by atoms with Crippen molar-refractivity contribution in [2.24, 2.45) is 0 Å². The van der Waals surface area contributed by atoms with Crippen LogP contribution in [0.15, 0.2) is 97.2 Å². The molecule has 0 aliphatic rings. The van der Waals surface area contributed by atoms with Crippen molar-refractivity contribution in [2.45, 2.75) is 20.4 Å². The van der Waals surface area contributed by atoms with Gasteiger partial charge in [0.05, 0.1) is 14.2 Å². The lowest BCUT2D eigenvalue weighted by Gasteiger charge is -2.20. The Hall–Kier alpha value is -4.71. The Morgan fingerprint density at radius 3 is 2.17 bits per heavy atom. The van der Waals surface area contributed by atoms with E-state index in [1.807, 2.05) is 50.2 Å². The molecule has 1 heterocycles. The SMILES string of the molecule is CCN(CC)C(=O)Oc1ccc2c(ccn2Cc2ccccc2-c2ccccc2)c1-c1ccc(OC)c(OC)c1. The van der Waals surface area contributed by atoms with Gasteiger partial charge in [0.1, 0.15) is 5.75 Å². The lowest BCUT2D eigenvalue weighted by molar-refractivity contribution is 0.157. The Morgan fingerprint density at radius 1 is 0.750 bits per heavy atom. The molecule has 0 aliphatic heterocycles. The van der Waals surface area contributed by atoms with Crippen LogP contribution in [0.25, 0.3) is 33.2 Å². The van der Waals surface area contributed by atoms with E-state index in [4.69, 9.17) is 14.2 Å². The van der Waals surface area contributed by atoms with Gasteiger partial charge in [0.25, 0.3) is 0 Å². The molecule has 0 atom stereocenters. The maximum absolute atomic E-state index is 13.0. The lowest BCUT2D eigenvalue weighted by Crippen LogP contribution is -2.33. The molecule has 0 aliphatic carbocycles. The van der Waals surface area contributed by atoms with Crippen LogP contribution in [0.2, 0.25) is 0 Å². The molecular weight excluding hydrogens is 500 g/mol. The number of fused-ring (bicyclic) bond motifs is 1. The van der Waals surface area contributed by atoms with Crippen LogP contribution in [0.4, 0.5) is 4.79 Å². The van der Waals surface area contributed by atoms with Crippen molar-refractivity contribution in [3.63, 3.8) is 0 Å². The summed E-state index contributed by atoms with van der Waals surface area (Å²) in [6.07, 6.45) is 1.72. The maximum atomic E-state index is 13.0. The van der Waals surface area contributed by atoms with Gasteiger partial charge >= 0.3 is 6.09 Å². The second-order valence-corrected chi connectivity index (χ2v) is 9.45. The van der Waals surface area contributed by atoms with E-state index < -0.39 is 0 Å². The summed E-state index contributed by atoms with van der Waals surface area (Å²) in [5.41, 5.74) is 6.34. The summed E-state index contributed by atoms with van der Waals surface area (Å²) >= 11 is 0. The summed E-state index contributed by atoms with van der Waals surface area (Å²) < 4.78 is 19.3. The van der Waals surface area contributed by atoms with Crippen molar-refractivity contribution < 1.29 is 19.0 Å². The summed E-state index contributed by atoms with van der Waals surface area (Å²) in [7, 11) is 3.23. The molecule has 0 fully saturated rings. The molecule has 40 heavy (non-hydrogen) atoms. The third-order valence-corrected chi connectivity index (χ3v) is 7.25. The van der Waals surface area contributed by atoms with Crippen molar-refractivity contribution in [3.8, 4) is 39.5 Å². The number of nitrogens with zero attached hydrogens (tertiary/aromatic N) is 2. The van der Waals surface area contributed by atoms with Crippen LogP contribution < -0.4 is 14.2 Å². The van der Waals surface area contributed by atoms with Gasteiger partial charge in [-0.05, 0) is 66.4 Å². The summed E-state index contributed by atoms with van der Waals surface area (Å²) in [5.74, 6) is 1.74. The number of methoxy groups -OCH3 is 2. The number of amides is 1. The van der Waals surface area contributed by atoms with Crippen molar-refractivity contribution in [1.29, 1.82) is 0 Å². The minimum atomic E-state index is -0.373. The lowest BCUT2D eigenvalue weighted by atomic mass is 9.99. The Kier molecular flexibility index (Phi) is 8.06. The molecule has 204 valence electrons. The van der Waals surface area contributed by atoms with Gasteiger partial charge in [-0.3, -0.25) is 0 Å². The fraction of sp³-hybridized carbons (Fsp3) is 0.206. The van der Waals surface area contributed by atoms with Crippen LogP contribution in [0, 0.1) is 0 Å². The molecule has 1 aromatic heterocycles. The van der Waals surface area contributed by atoms with Gasteiger partial charge in [0.2, 0.25) is 0 Å². The van der Waals surface area contributed by atoms with E-state index in [0.29, 0.717) is 36.9 Å². The van der Waals surface area contributed by atoms with Gasteiger partial charge < -0.3 is 23.7 Å². The van der Waals surface area contributed by atoms with Crippen molar-refractivity contribution in [3.05, 3.63) is 103 Å². The Morgan fingerprint density at radius 2 is 1.45 bits per heavy atom. The molecule has 1 amide bonds. The first kappa shape index (κ1) is 26.9. The monoisotopic (exact) mass is 534 g/mol. The number of carbonyl (C=O) groups excluding carboxylic acids is 1. The normalized spacial score (nSPS) is 10.9. The Labute approximate surface area is 235 Å². The summed E-state index contributed by atoms with van der Waals surface area (Å²) in [4.78, 5) is 14.7. The molecule has 6 heteroatoms. The van der Waals surface area contributed by atoms with Crippen LogP contribution in [-0.2, 0) is 6.54 Å². The zero-order valence-corrected chi connectivity index (χ0v) is 23.4. The molecule has 0 saturated heterocycles. The first-order valence-corrected chi connectivity index (χ1v) is 13.5. The number of benzene rings is 4.